The van der Waals surface area contributed by atoms with E-state index < -0.39 is 0 Å². The van der Waals surface area contributed by atoms with Crippen LogP contribution in [0, 0.1) is 0 Å². The smallest absolute Gasteiger partial charge is 0.143 e. The van der Waals surface area contributed by atoms with Crippen LogP contribution in [0.25, 0.3) is 0 Å². The summed E-state index contributed by atoms with van der Waals surface area (Å²) in [4.78, 5) is 13.4. The molecule has 7 heteroatoms. The van der Waals surface area contributed by atoms with Crippen LogP contribution in [0.1, 0.15) is 0 Å². The highest BCUT2D eigenvalue weighted by Gasteiger charge is 2.20. The lowest BCUT2D eigenvalue weighted by Gasteiger charge is -2.36. The van der Waals surface area contributed by atoms with Gasteiger partial charge in [-0.1, -0.05) is 0 Å². The summed E-state index contributed by atoms with van der Waals surface area (Å²) < 4.78 is 1.98. The van der Waals surface area contributed by atoms with Gasteiger partial charge >= 0.3 is 0 Å². The third-order valence-electron chi connectivity index (χ3n) is 3.46. The van der Waals surface area contributed by atoms with Gasteiger partial charge in [-0.05, 0) is 50.1 Å². The number of hydrogen-bond donors (Lipinski definition) is 1. The van der Waals surface area contributed by atoms with Gasteiger partial charge in [0.1, 0.15) is 11.6 Å². The number of anilines is 3. The van der Waals surface area contributed by atoms with Crippen molar-refractivity contribution in [3.63, 3.8) is 0 Å². The van der Waals surface area contributed by atoms with Gasteiger partial charge in [0.2, 0.25) is 0 Å². The van der Waals surface area contributed by atoms with Gasteiger partial charge in [0.05, 0.1) is 16.4 Å². The van der Waals surface area contributed by atoms with Crippen molar-refractivity contribution in [2.75, 3.05) is 41.7 Å². The highest BCUT2D eigenvalue weighted by atomic mass is 79.9. The van der Waals surface area contributed by atoms with Crippen LogP contribution >= 0.6 is 31.9 Å². The molecule has 110 valence electrons. The molecule has 3 rings (SSSR count). The van der Waals surface area contributed by atoms with Gasteiger partial charge in [-0.2, -0.15) is 0 Å². The second-order valence-electron chi connectivity index (χ2n) is 4.88. The monoisotopic (exact) mass is 411 g/mol. The van der Waals surface area contributed by atoms with E-state index in [1.807, 2.05) is 24.4 Å². The van der Waals surface area contributed by atoms with Crippen molar-refractivity contribution < 1.29 is 0 Å². The highest BCUT2D eigenvalue weighted by molar-refractivity contribution is 9.11. The van der Waals surface area contributed by atoms with E-state index >= 15 is 0 Å². The Morgan fingerprint density at radius 1 is 0.952 bits per heavy atom. The fraction of sp³-hybridized carbons (Fsp3) is 0.286. The zero-order valence-electron chi connectivity index (χ0n) is 11.3. The lowest BCUT2D eigenvalue weighted by molar-refractivity contribution is 0.641. The summed E-state index contributed by atoms with van der Waals surface area (Å²) in [6.07, 6.45) is 3.53. The quantitative estimate of drug-likeness (QED) is 0.821. The van der Waals surface area contributed by atoms with Gasteiger partial charge in [0, 0.05) is 36.8 Å². The van der Waals surface area contributed by atoms with Gasteiger partial charge in [0.15, 0.2) is 0 Å². The molecule has 21 heavy (non-hydrogen) atoms. The fourth-order valence-corrected chi connectivity index (χ4v) is 3.61. The van der Waals surface area contributed by atoms with Crippen molar-refractivity contribution in [3.8, 4) is 0 Å². The fourth-order valence-electron chi connectivity index (χ4n) is 2.37. The molecule has 2 N–H and O–H groups in total. The molecule has 3 heterocycles. The number of halogens is 2. The topological polar surface area (TPSA) is 58.3 Å². The number of nitrogens with two attached hydrogens (primary N) is 1. The Morgan fingerprint density at radius 3 is 2.29 bits per heavy atom. The van der Waals surface area contributed by atoms with Crippen molar-refractivity contribution in [2.45, 2.75) is 0 Å². The molecule has 1 aliphatic heterocycles. The normalized spacial score (nSPS) is 15.3. The number of hydrogen-bond acceptors (Lipinski definition) is 5. The maximum Gasteiger partial charge on any atom is 0.143 e. The van der Waals surface area contributed by atoms with Crippen LogP contribution in [-0.2, 0) is 0 Å². The predicted molar refractivity (Wildman–Crippen MR) is 92.7 cm³/mol. The van der Waals surface area contributed by atoms with Crippen molar-refractivity contribution in [3.05, 3.63) is 39.5 Å². The molecule has 0 spiro atoms. The predicted octanol–water partition coefficient (Wildman–Crippen LogP) is 2.91. The minimum atomic E-state index is 0.695. The van der Waals surface area contributed by atoms with E-state index in [9.17, 15) is 0 Å². The second-order valence-corrected chi connectivity index (χ2v) is 6.65. The number of piperazine rings is 1. The van der Waals surface area contributed by atoms with E-state index in [2.05, 4.69) is 51.6 Å². The molecule has 0 unspecified atom stereocenters. The molecule has 0 atom stereocenters. The maximum absolute atomic E-state index is 5.68. The van der Waals surface area contributed by atoms with Crippen LogP contribution in [0.3, 0.4) is 0 Å². The molecule has 1 aliphatic rings. The standard InChI is InChI=1S/C14H15Br2N5/c15-10-7-12(16)14(19-8-10)21-5-3-20(4-6-21)13-2-1-11(17)9-18-13/h1-2,7-9H,3-6,17H2. The molecule has 0 aromatic carbocycles. The van der Waals surface area contributed by atoms with Crippen LogP contribution in [-0.4, -0.2) is 36.1 Å². The second kappa shape index (κ2) is 6.19. The molecule has 1 saturated heterocycles. The molecule has 0 aliphatic carbocycles. The van der Waals surface area contributed by atoms with Crippen LogP contribution in [0.15, 0.2) is 39.5 Å². The average Bonchev–Trinajstić information content (AvgIpc) is 2.48. The average molecular weight is 413 g/mol. The summed E-state index contributed by atoms with van der Waals surface area (Å²) >= 11 is 7.01. The van der Waals surface area contributed by atoms with Crippen molar-refractivity contribution in [2.24, 2.45) is 0 Å². The maximum atomic E-state index is 5.68. The first-order valence-corrected chi connectivity index (χ1v) is 8.24. The molecule has 2 aromatic heterocycles. The summed E-state index contributed by atoms with van der Waals surface area (Å²) in [7, 11) is 0. The van der Waals surface area contributed by atoms with Gasteiger partial charge in [-0.3, -0.25) is 0 Å². The molecule has 0 bridgehead atoms. The summed E-state index contributed by atoms with van der Waals surface area (Å²) in [5.74, 6) is 1.97. The van der Waals surface area contributed by atoms with Gasteiger partial charge in [0.25, 0.3) is 0 Å². The zero-order valence-corrected chi connectivity index (χ0v) is 14.5. The molecule has 1 fully saturated rings. The van der Waals surface area contributed by atoms with Crippen molar-refractivity contribution in [1.82, 2.24) is 9.97 Å². The Bertz CT molecular complexity index is 624. The zero-order chi connectivity index (χ0) is 14.8. The van der Waals surface area contributed by atoms with Gasteiger partial charge in [-0.15, -0.1) is 0 Å². The lowest BCUT2D eigenvalue weighted by atomic mass is 10.3. The Hall–Kier alpha value is -1.34. The Labute approximate surface area is 140 Å². The van der Waals surface area contributed by atoms with Crippen LogP contribution in [0.5, 0.6) is 0 Å². The molecule has 0 amide bonds. The summed E-state index contributed by atoms with van der Waals surface area (Å²) in [5.41, 5.74) is 6.37. The molecular weight excluding hydrogens is 398 g/mol. The van der Waals surface area contributed by atoms with E-state index in [0.717, 1.165) is 46.8 Å². The van der Waals surface area contributed by atoms with E-state index in [0.29, 0.717) is 5.69 Å². The SMILES string of the molecule is Nc1ccc(N2CCN(c3ncc(Br)cc3Br)CC2)nc1. The Balaban J connectivity index is 1.68. The molecule has 5 nitrogen and oxygen atoms in total. The lowest BCUT2D eigenvalue weighted by Crippen LogP contribution is -2.47. The molecule has 0 saturated carbocycles. The number of nitrogens with zero attached hydrogens (tertiary/aromatic N) is 4. The molecule has 0 radical (unpaired) electrons. The van der Waals surface area contributed by atoms with E-state index in [1.165, 1.54) is 0 Å². The number of rotatable bonds is 2. The molecule has 2 aromatic rings. The minimum absolute atomic E-state index is 0.695. The van der Waals surface area contributed by atoms with Crippen molar-refractivity contribution >= 4 is 49.2 Å². The first-order valence-electron chi connectivity index (χ1n) is 6.66. The van der Waals surface area contributed by atoms with E-state index in [1.54, 1.807) is 6.20 Å². The van der Waals surface area contributed by atoms with Crippen LogP contribution in [0.4, 0.5) is 17.3 Å². The number of nitrogen functional groups attached to an aromatic ring is 1. The third-order valence-corrected chi connectivity index (χ3v) is 4.48. The number of aromatic nitrogens is 2. The highest BCUT2D eigenvalue weighted by Crippen LogP contribution is 2.28. The third kappa shape index (κ3) is 3.29. The first kappa shape index (κ1) is 14.6. The number of pyridine rings is 2. The summed E-state index contributed by atoms with van der Waals surface area (Å²) in [5, 5.41) is 0. The summed E-state index contributed by atoms with van der Waals surface area (Å²) in [6.45, 7) is 3.67. The molecular formula is C14H15Br2N5. The van der Waals surface area contributed by atoms with Gasteiger partial charge in [-0.25, -0.2) is 9.97 Å². The summed E-state index contributed by atoms with van der Waals surface area (Å²) in [6, 6.07) is 5.89. The Morgan fingerprint density at radius 2 is 1.67 bits per heavy atom. The van der Waals surface area contributed by atoms with E-state index in [4.69, 9.17) is 5.73 Å². The Kier molecular flexibility index (Phi) is 4.30. The van der Waals surface area contributed by atoms with Crippen LogP contribution in [0.2, 0.25) is 0 Å². The van der Waals surface area contributed by atoms with Crippen molar-refractivity contribution in [1.29, 1.82) is 0 Å². The van der Waals surface area contributed by atoms with Crippen LogP contribution < -0.4 is 15.5 Å². The van der Waals surface area contributed by atoms with E-state index in [-0.39, 0.29) is 0 Å². The first-order chi connectivity index (χ1) is 10.1. The van der Waals surface area contributed by atoms with Gasteiger partial charge < -0.3 is 15.5 Å². The largest absolute Gasteiger partial charge is 0.397 e. The minimum Gasteiger partial charge on any atom is -0.397 e.